The average molecular weight is 301 g/mol. The molecule has 1 saturated carbocycles. The number of carboxylic acid groups (broad SMARTS) is 1. The number of carbonyl (C=O) groups excluding carboxylic acids is 1. The lowest BCUT2D eigenvalue weighted by Gasteiger charge is -2.32. The summed E-state index contributed by atoms with van der Waals surface area (Å²) in [5, 5.41) is 9.59. The van der Waals surface area contributed by atoms with Gasteiger partial charge in [0.25, 0.3) is 0 Å². The minimum absolute atomic E-state index is 0.106. The molecule has 118 valence electrons. The van der Waals surface area contributed by atoms with Crippen LogP contribution in [0.15, 0.2) is 30.3 Å². The molecule has 4 heteroatoms. The van der Waals surface area contributed by atoms with Crippen LogP contribution >= 0.6 is 0 Å². The Kier molecular flexibility index (Phi) is 4.57. The number of benzene rings is 1. The highest BCUT2D eigenvalue weighted by molar-refractivity contribution is 5.74. The summed E-state index contributed by atoms with van der Waals surface area (Å²) in [6, 6.07) is 9.54. The molecule has 1 aromatic rings. The summed E-state index contributed by atoms with van der Waals surface area (Å²) in [5.41, 5.74) is 1.13. The Morgan fingerprint density at radius 2 is 2.00 bits per heavy atom. The fourth-order valence-corrected chi connectivity index (χ4v) is 3.76. The Hall–Kier alpha value is -1.68. The number of hydrogen-bond donors (Lipinski definition) is 1. The van der Waals surface area contributed by atoms with Crippen LogP contribution in [0.3, 0.4) is 0 Å². The van der Waals surface area contributed by atoms with Crippen LogP contribution in [0.1, 0.15) is 37.2 Å². The molecule has 1 aromatic carbocycles. The van der Waals surface area contributed by atoms with Crippen molar-refractivity contribution in [3.63, 3.8) is 0 Å². The van der Waals surface area contributed by atoms with Gasteiger partial charge in [-0.05, 0) is 17.9 Å². The molecule has 0 spiro atoms. The van der Waals surface area contributed by atoms with Crippen LogP contribution in [0.25, 0.3) is 0 Å². The molecule has 22 heavy (non-hydrogen) atoms. The summed E-state index contributed by atoms with van der Waals surface area (Å²) in [4.78, 5) is 25.1. The molecular weight excluding hydrogens is 278 g/mol. The second-order valence-electron chi connectivity index (χ2n) is 6.66. The van der Waals surface area contributed by atoms with Gasteiger partial charge in [0.15, 0.2) is 0 Å². The van der Waals surface area contributed by atoms with Crippen LogP contribution in [0.4, 0.5) is 0 Å². The number of carbonyl (C=O) groups is 2. The monoisotopic (exact) mass is 301 g/mol. The Morgan fingerprint density at radius 1 is 1.27 bits per heavy atom. The second-order valence-corrected chi connectivity index (χ2v) is 6.66. The van der Waals surface area contributed by atoms with Crippen LogP contribution in [-0.2, 0) is 9.59 Å². The molecule has 0 unspecified atom stereocenters. The maximum absolute atomic E-state index is 11.7. The Morgan fingerprint density at radius 3 is 2.55 bits per heavy atom. The highest BCUT2D eigenvalue weighted by Gasteiger charge is 2.40. The van der Waals surface area contributed by atoms with E-state index in [2.05, 4.69) is 0 Å². The maximum atomic E-state index is 11.7. The topological polar surface area (TPSA) is 57.6 Å². The van der Waals surface area contributed by atoms with Gasteiger partial charge >= 0.3 is 5.97 Å². The number of hydrogen-bond acceptors (Lipinski definition) is 3. The molecule has 1 N–H and O–H groups in total. The zero-order chi connectivity index (χ0) is 15.5. The summed E-state index contributed by atoms with van der Waals surface area (Å²) >= 11 is 0. The van der Waals surface area contributed by atoms with E-state index in [1.807, 2.05) is 35.2 Å². The molecule has 0 amide bonds. The van der Waals surface area contributed by atoms with Gasteiger partial charge in [-0.15, -0.1) is 0 Å². The molecule has 1 aliphatic carbocycles. The van der Waals surface area contributed by atoms with Crippen LogP contribution < -0.4 is 0 Å². The molecule has 0 aromatic heterocycles. The van der Waals surface area contributed by atoms with E-state index in [1.54, 1.807) is 0 Å². The number of likely N-dealkylation sites (tertiary alicyclic amines) is 1. The third-order valence-electron chi connectivity index (χ3n) is 5.30. The molecule has 3 atom stereocenters. The molecule has 1 aliphatic heterocycles. The van der Waals surface area contributed by atoms with E-state index in [1.165, 1.54) is 6.42 Å². The lowest BCUT2D eigenvalue weighted by molar-refractivity contribution is -0.144. The number of aliphatic carboxylic acids is 1. The number of rotatable bonds is 6. The second kappa shape index (κ2) is 6.61. The van der Waals surface area contributed by atoms with E-state index in [-0.39, 0.29) is 11.8 Å². The predicted octanol–water partition coefficient (Wildman–Crippen LogP) is 2.54. The fraction of sp³-hybridized carbons (Fsp3) is 0.556. The molecule has 1 heterocycles. The Bertz CT molecular complexity index is 526. The quantitative estimate of drug-likeness (QED) is 0.820. The third kappa shape index (κ3) is 3.07. The molecule has 2 fully saturated rings. The summed E-state index contributed by atoms with van der Waals surface area (Å²) < 4.78 is 0. The molecular formula is C18H23NO3. The van der Waals surface area contributed by atoms with Crippen molar-refractivity contribution in [2.24, 2.45) is 11.8 Å². The van der Waals surface area contributed by atoms with Gasteiger partial charge in [0.05, 0.1) is 0 Å². The number of carboxylic acids is 1. The van der Waals surface area contributed by atoms with Crippen LogP contribution in [0, 0.1) is 11.8 Å². The van der Waals surface area contributed by atoms with Crippen molar-refractivity contribution in [3.05, 3.63) is 35.9 Å². The van der Waals surface area contributed by atoms with E-state index >= 15 is 0 Å². The fourth-order valence-electron chi connectivity index (χ4n) is 3.76. The van der Waals surface area contributed by atoms with Gasteiger partial charge in [0.2, 0.25) is 0 Å². The van der Waals surface area contributed by atoms with Gasteiger partial charge in [-0.25, -0.2) is 0 Å². The number of aldehydes is 1. The van der Waals surface area contributed by atoms with Gasteiger partial charge in [0.1, 0.15) is 12.3 Å². The molecule has 0 bridgehead atoms. The van der Waals surface area contributed by atoms with Gasteiger partial charge in [0, 0.05) is 24.9 Å². The number of nitrogens with zero attached hydrogens (tertiary/aromatic N) is 1. The smallest absolute Gasteiger partial charge is 0.320 e. The van der Waals surface area contributed by atoms with Crippen molar-refractivity contribution in [2.75, 3.05) is 13.1 Å². The lowest BCUT2D eigenvalue weighted by Crippen LogP contribution is -2.42. The molecule has 1 saturated heterocycles. The average Bonchev–Trinajstić information content (AvgIpc) is 2.90. The summed E-state index contributed by atoms with van der Waals surface area (Å²) in [6.45, 7) is 1.23. The van der Waals surface area contributed by atoms with Crippen molar-refractivity contribution in [1.82, 2.24) is 4.90 Å². The van der Waals surface area contributed by atoms with Crippen molar-refractivity contribution in [1.29, 1.82) is 0 Å². The normalized spacial score (nSPS) is 27.3. The zero-order valence-electron chi connectivity index (χ0n) is 12.7. The Labute approximate surface area is 131 Å². The van der Waals surface area contributed by atoms with E-state index in [9.17, 15) is 14.7 Å². The summed E-state index contributed by atoms with van der Waals surface area (Å²) in [7, 11) is 0. The zero-order valence-corrected chi connectivity index (χ0v) is 12.7. The van der Waals surface area contributed by atoms with Crippen molar-refractivity contribution < 1.29 is 14.7 Å². The van der Waals surface area contributed by atoms with Crippen LogP contribution in [0.2, 0.25) is 0 Å². The highest BCUT2D eigenvalue weighted by atomic mass is 16.4. The van der Waals surface area contributed by atoms with Gasteiger partial charge in [-0.3, -0.25) is 9.69 Å². The first kappa shape index (κ1) is 15.2. The van der Waals surface area contributed by atoms with E-state index in [0.717, 1.165) is 31.1 Å². The van der Waals surface area contributed by atoms with Crippen molar-refractivity contribution in [3.8, 4) is 0 Å². The Balaban J connectivity index is 1.74. The largest absolute Gasteiger partial charge is 0.480 e. The van der Waals surface area contributed by atoms with Crippen LogP contribution in [-0.4, -0.2) is 41.4 Å². The molecule has 4 nitrogen and oxygen atoms in total. The van der Waals surface area contributed by atoms with Gasteiger partial charge in [-0.1, -0.05) is 49.6 Å². The van der Waals surface area contributed by atoms with Gasteiger partial charge < -0.3 is 9.90 Å². The minimum Gasteiger partial charge on any atom is -0.480 e. The standard InChI is InChI=1S/C18H23NO3/c20-12-15-10-19(11-16(15)14-7-2-1-3-8-14)17(18(21)22)9-13-5-4-6-13/h1-3,7-8,12-13,15-17H,4-6,9-11H2,(H,21,22)/t15-,16-,17-/m1/s1. The molecule has 3 rings (SSSR count). The summed E-state index contributed by atoms with van der Waals surface area (Å²) in [6.07, 6.45) is 5.25. The first-order valence-corrected chi connectivity index (χ1v) is 8.16. The van der Waals surface area contributed by atoms with E-state index in [0.29, 0.717) is 19.0 Å². The molecule has 2 aliphatic rings. The lowest BCUT2D eigenvalue weighted by atomic mass is 9.80. The predicted molar refractivity (Wildman–Crippen MR) is 83.7 cm³/mol. The van der Waals surface area contributed by atoms with Crippen molar-refractivity contribution in [2.45, 2.75) is 37.6 Å². The van der Waals surface area contributed by atoms with E-state index < -0.39 is 12.0 Å². The molecule has 0 radical (unpaired) electrons. The summed E-state index contributed by atoms with van der Waals surface area (Å²) in [5.74, 6) is -0.190. The maximum Gasteiger partial charge on any atom is 0.320 e. The highest BCUT2D eigenvalue weighted by Crippen LogP contribution is 2.36. The van der Waals surface area contributed by atoms with E-state index in [4.69, 9.17) is 0 Å². The van der Waals surface area contributed by atoms with Crippen LogP contribution in [0.5, 0.6) is 0 Å². The van der Waals surface area contributed by atoms with Gasteiger partial charge in [-0.2, -0.15) is 0 Å². The van der Waals surface area contributed by atoms with Crippen molar-refractivity contribution >= 4 is 12.3 Å². The first-order chi connectivity index (χ1) is 10.7. The third-order valence-corrected chi connectivity index (χ3v) is 5.30. The SMILES string of the molecule is O=C[C@H]1CN([C@H](CC2CCC2)C(=O)O)C[C@@H]1c1ccccc1. The minimum atomic E-state index is -0.745. The first-order valence-electron chi connectivity index (χ1n) is 8.16.